The van der Waals surface area contributed by atoms with E-state index in [1.165, 1.54) is 11.3 Å². The number of carbonyl (C=O) groups excluding carboxylic acids is 1. The third kappa shape index (κ3) is 2.96. The molecule has 114 valence electrons. The first-order chi connectivity index (χ1) is 10.7. The van der Waals surface area contributed by atoms with Crippen molar-refractivity contribution in [3.63, 3.8) is 0 Å². The molecule has 0 aliphatic carbocycles. The molecule has 0 spiro atoms. The van der Waals surface area contributed by atoms with Gasteiger partial charge in [0.2, 0.25) is 0 Å². The number of rotatable bonds is 5. The molecular weight excluding hydrogens is 298 g/mol. The summed E-state index contributed by atoms with van der Waals surface area (Å²) >= 11 is 1.45. The van der Waals surface area contributed by atoms with Crippen LogP contribution in [0.25, 0.3) is 10.1 Å². The fourth-order valence-corrected chi connectivity index (χ4v) is 3.14. The molecule has 0 aliphatic heterocycles. The molecule has 1 N–H and O–H groups in total. The number of fused-ring (bicyclic) bond motifs is 1. The molecule has 5 nitrogen and oxygen atoms in total. The van der Waals surface area contributed by atoms with E-state index < -0.39 is 0 Å². The van der Waals surface area contributed by atoms with Crippen molar-refractivity contribution in [1.82, 2.24) is 9.55 Å². The average molecular weight is 315 g/mol. The Hall–Kier alpha value is -2.34. The normalized spacial score (nSPS) is 10.8. The summed E-state index contributed by atoms with van der Waals surface area (Å²) in [6, 6.07) is 7.95. The van der Waals surface area contributed by atoms with Gasteiger partial charge in [-0.3, -0.25) is 0 Å². The van der Waals surface area contributed by atoms with Gasteiger partial charge in [0.15, 0.2) is 0 Å². The summed E-state index contributed by atoms with van der Waals surface area (Å²) < 4.78 is 8.10. The highest BCUT2D eigenvalue weighted by Crippen LogP contribution is 2.28. The quantitative estimate of drug-likeness (QED) is 0.733. The molecule has 3 aromatic rings. The molecule has 0 fully saturated rings. The topological polar surface area (TPSA) is 56.1 Å². The fraction of sp³-hybridized carbons (Fsp3) is 0.250. The Morgan fingerprint density at radius 2 is 2.27 bits per heavy atom. The summed E-state index contributed by atoms with van der Waals surface area (Å²) in [5, 5.41) is 4.39. The predicted octanol–water partition coefficient (Wildman–Crippen LogP) is 3.42. The van der Waals surface area contributed by atoms with Crippen molar-refractivity contribution in [3.8, 4) is 0 Å². The molecule has 2 heterocycles. The van der Waals surface area contributed by atoms with E-state index in [0.29, 0.717) is 18.0 Å². The maximum Gasteiger partial charge on any atom is 0.348 e. The fourth-order valence-electron chi connectivity index (χ4n) is 2.20. The Morgan fingerprint density at radius 1 is 1.41 bits per heavy atom. The van der Waals surface area contributed by atoms with Crippen LogP contribution in [-0.2, 0) is 18.3 Å². The zero-order valence-electron chi connectivity index (χ0n) is 12.5. The standard InChI is InChI=1S/C16H17N3O2S/c1-3-21-16(20)14-9-11-8-12(4-5-13(11)22-14)18-10-15-17-6-7-19(15)2/h4-9,18H,3,10H2,1-2H3. The summed E-state index contributed by atoms with van der Waals surface area (Å²) in [6.07, 6.45) is 3.70. The molecule has 3 rings (SSSR count). The number of nitrogens with zero attached hydrogens (tertiary/aromatic N) is 2. The molecule has 0 saturated carbocycles. The van der Waals surface area contributed by atoms with E-state index in [-0.39, 0.29) is 5.97 Å². The highest BCUT2D eigenvalue weighted by atomic mass is 32.1. The van der Waals surface area contributed by atoms with Crippen LogP contribution in [0.15, 0.2) is 36.7 Å². The van der Waals surface area contributed by atoms with E-state index >= 15 is 0 Å². The van der Waals surface area contributed by atoms with Gasteiger partial charge in [-0.05, 0) is 36.6 Å². The van der Waals surface area contributed by atoms with Crippen LogP contribution < -0.4 is 5.32 Å². The first-order valence-corrected chi connectivity index (χ1v) is 7.90. The number of hydrogen-bond acceptors (Lipinski definition) is 5. The number of esters is 1. The summed E-state index contributed by atoms with van der Waals surface area (Å²) in [4.78, 5) is 16.7. The Labute approximate surface area is 132 Å². The number of carbonyl (C=O) groups is 1. The lowest BCUT2D eigenvalue weighted by Gasteiger charge is -2.06. The summed E-state index contributed by atoms with van der Waals surface area (Å²) in [7, 11) is 1.97. The van der Waals surface area contributed by atoms with Crippen LogP contribution in [0.1, 0.15) is 22.4 Å². The average Bonchev–Trinajstić information content (AvgIpc) is 3.11. The first kappa shape index (κ1) is 14.6. The monoisotopic (exact) mass is 315 g/mol. The van der Waals surface area contributed by atoms with E-state index in [0.717, 1.165) is 21.6 Å². The number of thiophene rings is 1. The Balaban J connectivity index is 1.77. The van der Waals surface area contributed by atoms with Gasteiger partial charge >= 0.3 is 5.97 Å². The maximum absolute atomic E-state index is 11.8. The van der Waals surface area contributed by atoms with Gasteiger partial charge in [-0.25, -0.2) is 9.78 Å². The predicted molar refractivity (Wildman–Crippen MR) is 88.3 cm³/mol. The number of hydrogen-bond donors (Lipinski definition) is 1. The number of imidazole rings is 1. The van der Waals surface area contributed by atoms with Gasteiger partial charge in [-0.1, -0.05) is 0 Å². The van der Waals surface area contributed by atoms with Crippen molar-refractivity contribution in [1.29, 1.82) is 0 Å². The molecule has 1 aromatic carbocycles. The molecule has 0 amide bonds. The van der Waals surface area contributed by atoms with Gasteiger partial charge in [0, 0.05) is 29.8 Å². The van der Waals surface area contributed by atoms with Crippen LogP contribution in [-0.4, -0.2) is 22.1 Å². The SMILES string of the molecule is CCOC(=O)c1cc2cc(NCc3nccn3C)ccc2s1. The van der Waals surface area contributed by atoms with E-state index in [9.17, 15) is 4.79 Å². The minimum atomic E-state index is -0.258. The molecule has 0 bridgehead atoms. The molecule has 0 saturated heterocycles. The second-order valence-corrected chi connectivity index (χ2v) is 5.98. The molecule has 0 atom stereocenters. The minimum absolute atomic E-state index is 0.258. The van der Waals surface area contributed by atoms with Crippen LogP contribution in [0.4, 0.5) is 5.69 Å². The summed E-state index contributed by atoms with van der Waals surface area (Å²) in [5.74, 6) is 0.712. The van der Waals surface area contributed by atoms with Gasteiger partial charge in [0.05, 0.1) is 13.2 Å². The molecule has 0 radical (unpaired) electrons. The van der Waals surface area contributed by atoms with Crippen molar-refractivity contribution >= 4 is 33.1 Å². The molecular formula is C16H17N3O2S. The van der Waals surface area contributed by atoms with Crippen molar-refractivity contribution in [2.24, 2.45) is 7.05 Å². The second-order valence-electron chi connectivity index (χ2n) is 4.89. The van der Waals surface area contributed by atoms with Crippen molar-refractivity contribution in [3.05, 3.63) is 47.4 Å². The summed E-state index contributed by atoms with van der Waals surface area (Å²) in [6.45, 7) is 2.86. The van der Waals surface area contributed by atoms with Crippen molar-refractivity contribution in [2.75, 3.05) is 11.9 Å². The molecule has 2 aromatic heterocycles. The summed E-state index contributed by atoms with van der Waals surface area (Å²) in [5.41, 5.74) is 1.00. The highest BCUT2D eigenvalue weighted by molar-refractivity contribution is 7.20. The smallest absolute Gasteiger partial charge is 0.348 e. The van der Waals surface area contributed by atoms with E-state index in [1.807, 2.05) is 49.0 Å². The van der Waals surface area contributed by atoms with E-state index in [1.54, 1.807) is 6.20 Å². The second kappa shape index (κ2) is 6.19. The highest BCUT2D eigenvalue weighted by Gasteiger charge is 2.11. The van der Waals surface area contributed by atoms with Crippen molar-refractivity contribution in [2.45, 2.75) is 13.5 Å². The first-order valence-electron chi connectivity index (χ1n) is 7.08. The van der Waals surface area contributed by atoms with Gasteiger partial charge < -0.3 is 14.6 Å². The Morgan fingerprint density at radius 3 is 3.00 bits per heavy atom. The Bertz CT molecular complexity index is 807. The third-order valence-electron chi connectivity index (χ3n) is 3.36. The number of ether oxygens (including phenoxy) is 1. The Kier molecular flexibility index (Phi) is 4.11. The van der Waals surface area contributed by atoms with Gasteiger partial charge in [0.1, 0.15) is 10.7 Å². The van der Waals surface area contributed by atoms with Crippen LogP contribution in [0, 0.1) is 0 Å². The zero-order valence-corrected chi connectivity index (χ0v) is 13.3. The van der Waals surface area contributed by atoms with E-state index in [4.69, 9.17) is 4.74 Å². The van der Waals surface area contributed by atoms with Crippen LogP contribution in [0.3, 0.4) is 0 Å². The molecule has 0 unspecified atom stereocenters. The maximum atomic E-state index is 11.8. The van der Waals surface area contributed by atoms with Crippen LogP contribution in [0.5, 0.6) is 0 Å². The minimum Gasteiger partial charge on any atom is -0.462 e. The number of aryl methyl sites for hydroxylation is 1. The van der Waals surface area contributed by atoms with Crippen LogP contribution >= 0.6 is 11.3 Å². The van der Waals surface area contributed by atoms with E-state index in [2.05, 4.69) is 10.3 Å². The van der Waals surface area contributed by atoms with Gasteiger partial charge in [-0.15, -0.1) is 11.3 Å². The largest absolute Gasteiger partial charge is 0.462 e. The van der Waals surface area contributed by atoms with Gasteiger partial charge in [0.25, 0.3) is 0 Å². The number of nitrogens with one attached hydrogen (secondary N) is 1. The number of anilines is 1. The number of aromatic nitrogens is 2. The third-order valence-corrected chi connectivity index (χ3v) is 4.46. The lowest BCUT2D eigenvalue weighted by Crippen LogP contribution is -2.05. The van der Waals surface area contributed by atoms with Crippen LogP contribution in [0.2, 0.25) is 0 Å². The lowest BCUT2D eigenvalue weighted by molar-refractivity contribution is 0.0532. The number of benzene rings is 1. The molecule has 22 heavy (non-hydrogen) atoms. The molecule has 6 heteroatoms. The molecule has 0 aliphatic rings. The lowest BCUT2D eigenvalue weighted by atomic mass is 10.2. The van der Waals surface area contributed by atoms with Gasteiger partial charge in [-0.2, -0.15) is 0 Å². The van der Waals surface area contributed by atoms with Crippen molar-refractivity contribution < 1.29 is 9.53 Å². The zero-order chi connectivity index (χ0) is 15.5.